The van der Waals surface area contributed by atoms with Crippen LogP contribution >= 0.6 is 0 Å². The number of carbonyl (C=O) groups excluding carboxylic acids is 2. The molecule has 0 radical (unpaired) electrons. The molecule has 0 saturated heterocycles. The second-order valence-electron chi connectivity index (χ2n) is 8.21. The van der Waals surface area contributed by atoms with Gasteiger partial charge in [0.05, 0.1) is 17.7 Å². The fraction of sp³-hybridized carbons (Fsp3) is 0.259. The van der Waals surface area contributed by atoms with Crippen LogP contribution in [-0.4, -0.2) is 51.4 Å². The number of rotatable bonds is 11. The standard InChI is InChI=1S/C27H30FN3O5S/c1-4-29-27(33)20(2)30(18-21-10-8-9-13-25(21)28)26(32)19-31(22-14-16-23(36-3)17-15-22)37(34,35)24-11-6-5-7-12-24/h5-17,20H,4,18-19H2,1-3H3,(H,29,33)/t20-/m1/s1. The van der Waals surface area contributed by atoms with E-state index in [9.17, 15) is 22.4 Å². The van der Waals surface area contributed by atoms with Crippen molar-refractivity contribution in [2.24, 2.45) is 0 Å². The second-order valence-corrected chi connectivity index (χ2v) is 10.1. The van der Waals surface area contributed by atoms with Crippen LogP contribution in [0.25, 0.3) is 0 Å². The van der Waals surface area contributed by atoms with Crippen LogP contribution in [0.4, 0.5) is 10.1 Å². The average molecular weight is 528 g/mol. The Morgan fingerprint density at radius 3 is 2.19 bits per heavy atom. The third-order valence-corrected chi connectivity index (χ3v) is 7.58. The monoisotopic (exact) mass is 527 g/mol. The van der Waals surface area contributed by atoms with Gasteiger partial charge in [-0.3, -0.25) is 13.9 Å². The fourth-order valence-electron chi connectivity index (χ4n) is 3.71. The molecule has 0 aliphatic carbocycles. The maximum atomic E-state index is 14.5. The molecule has 0 fully saturated rings. The van der Waals surface area contributed by atoms with Crippen molar-refractivity contribution in [3.05, 3.63) is 90.2 Å². The lowest BCUT2D eigenvalue weighted by Crippen LogP contribution is -2.51. The normalized spacial score (nSPS) is 11.9. The molecule has 0 aliphatic heterocycles. The number of sulfonamides is 1. The van der Waals surface area contributed by atoms with Gasteiger partial charge in [-0.15, -0.1) is 0 Å². The molecular formula is C27H30FN3O5S. The molecule has 1 atom stereocenters. The van der Waals surface area contributed by atoms with E-state index in [2.05, 4.69) is 5.32 Å². The summed E-state index contributed by atoms with van der Waals surface area (Å²) in [4.78, 5) is 27.5. The number of benzene rings is 3. The molecule has 3 aromatic carbocycles. The van der Waals surface area contributed by atoms with Crippen LogP contribution in [0.2, 0.25) is 0 Å². The van der Waals surface area contributed by atoms with Gasteiger partial charge in [0.1, 0.15) is 24.2 Å². The minimum Gasteiger partial charge on any atom is -0.497 e. The fourth-order valence-corrected chi connectivity index (χ4v) is 5.15. The van der Waals surface area contributed by atoms with Gasteiger partial charge in [0.15, 0.2) is 0 Å². The number of amides is 2. The van der Waals surface area contributed by atoms with Gasteiger partial charge in [0, 0.05) is 18.7 Å². The first-order valence-corrected chi connectivity index (χ1v) is 13.2. The van der Waals surface area contributed by atoms with Gasteiger partial charge in [-0.05, 0) is 56.3 Å². The van der Waals surface area contributed by atoms with Gasteiger partial charge < -0.3 is 15.0 Å². The van der Waals surface area contributed by atoms with E-state index in [1.54, 1.807) is 43.3 Å². The minimum atomic E-state index is -4.17. The zero-order valence-corrected chi connectivity index (χ0v) is 21.7. The Hall–Kier alpha value is -3.92. The lowest BCUT2D eigenvalue weighted by atomic mass is 10.1. The second kappa shape index (κ2) is 12.4. The van der Waals surface area contributed by atoms with Crippen molar-refractivity contribution in [3.63, 3.8) is 0 Å². The van der Waals surface area contributed by atoms with Gasteiger partial charge in [0.2, 0.25) is 11.8 Å². The first-order chi connectivity index (χ1) is 17.7. The smallest absolute Gasteiger partial charge is 0.264 e. The molecule has 0 spiro atoms. The molecule has 3 rings (SSSR count). The predicted molar refractivity (Wildman–Crippen MR) is 139 cm³/mol. The van der Waals surface area contributed by atoms with E-state index in [4.69, 9.17) is 4.74 Å². The zero-order chi connectivity index (χ0) is 27.0. The summed E-state index contributed by atoms with van der Waals surface area (Å²) >= 11 is 0. The number of hydrogen-bond acceptors (Lipinski definition) is 5. The molecule has 3 aromatic rings. The molecule has 10 heteroatoms. The number of halogens is 1. The van der Waals surface area contributed by atoms with E-state index in [1.807, 2.05) is 0 Å². The lowest BCUT2D eigenvalue weighted by molar-refractivity contribution is -0.139. The molecule has 0 bridgehead atoms. The van der Waals surface area contributed by atoms with Gasteiger partial charge in [-0.1, -0.05) is 36.4 Å². The van der Waals surface area contributed by atoms with Gasteiger partial charge >= 0.3 is 0 Å². The highest BCUT2D eigenvalue weighted by molar-refractivity contribution is 7.92. The maximum absolute atomic E-state index is 14.5. The summed E-state index contributed by atoms with van der Waals surface area (Å²) in [5.74, 6) is -1.13. The molecule has 0 aromatic heterocycles. The number of nitrogens with zero attached hydrogens (tertiary/aromatic N) is 2. The van der Waals surface area contributed by atoms with Gasteiger partial charge in [-0.25, -0.2) is 12.8 Å². The Kier molecular flexibility index (Phi) is 9.24. The highest BCUT2D eigenvalue weighted by Crippen LogP contribution is 2.26. The van der Waals surface area contributed by atoms with E-state index in [1.165, 1.54) is 61.4 Å². The Morgan fingerprint density at radius 1 is 0.973 bits per heavy atom. The molecular weight excluding hydrogens is 497 g/mol. The number of hydrogen-bond donors (Lipinski definition) is 1. The zero-order valence-electron chi connectivity index (χ0n) is 20.9. The third kappa shape index (κ3) is 6.65. The van der Waals surface area contributed by atoms with Crippen molar-refractivity contribution in [2.75, 3.05) is 24.5 Å². The molecule has 0 unspecified atom stereocenters. The van der Waals surface area contributed by atoms with E-state index in [0.717, 1.165) is 4.31 Å². The van der Waals surface area contributed by atoms with E-state index >= 15 is 0 Å². The summed E-state index contributed by atoms with van der Waals surface area (Å²) in [5, 5.41) is 2.66. The van der Waals surface area contributed by atoms with Crippen LogP contribution in [0.5, 0.6) is 5.75 Å². The first kappa shape index (κ1) is 27.7. The predicted octanol–water partition coefficient (Wildman–Crippen LogP) is 3.58. The highest BCUT2D eigenvalue weighted by atomic mass is 32.2. The molecule has 2 amide bonds. The number of carbonyl (C=O) groups is 2. The number of ether oxygens (including phenoxy) is 1. The minimum absolute atomic E-state index is 0.00366. The van der Waals surface area contributed by atoms with Gasteiger partial charge in [0.25, 0.3) is 10.0 Å². The Balaban J connectivity index is 2.03. The van der Waals surface area contributed by atoms with Crippen LogP contribution in [0, 0.1) is 5.82 Å². The summed E-state index contributed by atoms with van der Waals surface area (Å²) in [6.45, 7) is 2.78. The van der Waals surface area contributed by atoms with Crippen LogP contribution in [0.1, 0.15) is 19.4 Å². The van der Waals surface area contributed by atoms with Crippen LogP contribution in [0.3, 0.4) is 0 Å². The topological polar surface area (TPSA) is 96.0 Å². The quantitative estimate of drug-likeness (QED) is 0.411. The van der Waals surface area contributed by atoms with Gasteiger partial charge in [-0.2, -0.15) is 0 Å². The number of nitrogens with one attached hydrogen (secondary N) is 1. The first-order valence-electron chi connectivity index (χ1n) is 11.7. The van der Waals surface area contributed by atoms with Crippen molar-refractivity contribution in [1.82, 2.24) is 10.2 Å². The summed E-state index contributed by atoms with van der Waals surface area (Å²) in [6, 6.07) is 18.9. The largest absolute Gasteiger partial charge is 0.497 e. The molecule has 0 aliphatic rings. The van der Waals surface area contributed by atoms with Crippen molar-refractivity contribution in [1.29, 1.82) is 0 Å². The number of likely N-dealkylation sites (N-methyl/N-ethyl adjacent to an activating group) is 1. The van der Waals surface area contributed by atoms with Crippen molar-refractivity contribution in [3.8, 4) is 5.75 Å². The molecule has 8 nitrogen and oxygen atoms in total. The van der Waals surface area contributed by atoms with Crippen LogP contribution < -0.4 is 14.4 Å². The molecule has 37 heavy (non-hydrogen) atoms. The average Bonchev–Trinajstić information content (AvgIpc) is 2.91. The van der Waals surface area contributed by atoms with E-state index < -0.39 is 40.2 Å². The molecule has 0 heterocycles. The Morgan fingerprint density at radius 2 is 1.59 bits per heavy atom. The maximum Gasteiger partial charge on any atom is 0.264 e. The number of anilines is 1. The van der Waals surface area contributed by atoms with Crippen LogP contribution in [0.15, 0.2) is 83.8 Å². The van der Waals surface area contributed by atoms with E-state index in [-0.39, 0.29) is 22.7 Å². The number of methoxy groups -OCH3 is 1. The molecule has 196 valence electrons. The molecule has 1 N–H and O–H groups in total. The van der Waals surface area contributed by atoms with Crippen LogP contribution in [-0.2, 0) is 26.2 Å². The SMILES string of the molecule is CCNC(=O)[C@@H](C)N(Cc1ccccc1F)C(=O)CN(c1ccc(OC)cc1)S(=O)(=O)c1ccccc1. The summed E-state index contributed by atoms with van der Waals surface area (Å²) in [6.07, 6.45) is 0. The Labute approximate surface area is 216 Å². The van der Waals surface area contributed by atoms with E-state index in [0.29, 0.717) is 12.3 Å². The lowest BCUT2D eigenvalue weighted by Gasteiger charge is -2.32. The summed E-state index contributed by atoms with van der Waals surface area (Å²) in [5.41, 5.74) is 0.434. The van der Waals surface area contributed by atoms with Crippen molar-refractivity contribution < 1.29 is 27.1 Å². The summed E-state index contributed by atoms with van der Waals surface area (Å²) < 4.78 is 47.9. The Bertz CT molecular complexity index is 1320. The molecule has 0 saturated carbocycles. The van der Waals surface area contributed by atoms with Crippen molar-refractivity contribution >= 4 is 27.5 Å². The highest BCUT2D eigenvalue weighted by Gasteiger charge is 2.32. The third-order valence-electron chi connectivity index (χ3n) is 5.79. The summed E-state index contributed by atoms with van der Waals surface area (Å²) in [7, 11) is -2.68. The van der Waals surface area contributed by atoms with Crippen molar-refractivity contribution in [2.45, 2.75) is 31.3 Å².